The van der Waals surface area contributed by atoms with E-state index < -0.39 is 0 Å². The zero-order valence-electron chi connectivity index (χ0n) is 14.1. The minimum Gasteiger partial charge on any atom is -0.508 e. The summed E-state index contributed by atoms with van der Waals surface area (Å²) < 4.78 is 0. The third kappa shape index (κ3) is 3.45. The Kier molecular flexibility index (Phi) is 4.44. The molecule has 5 nitrogen and oxygen atoms in total. The van der Waals surface area contributed by atoms with E-state index in [1.54, 1.807) is 54.9 Å². The van der Waals surface area contributed by atoms with E-state index in [-0.39, 0.29) is 11.7 Å². The number of amidine groups is 1. The van der Waals surface area contributed by atoms with Gasteiger partial charge in [-0.2, -0.15) is 0 Å². The zero-order valence-corrected chi connectivity index (χ0v) is 14.8. The lowest BCUT2D eigenvalue weighted by Gasteiger charge is -2.18. The first kappa shape index (κ1) is 17.0. The normalized spacial score (nSPS) is 15.3. The van der Waals surface area contributed by atoms with Crippen molar-refractivity contribution in [2.75, 3.05) is 4.90 Å². The number of benzene rings is 2. The number of nitrogens with zero attached hydrogens (tertiary/aromatic N) is 3. The molecule has 0 aliphatic carbocycles. The summed E-state index contributed by atoms with van der Waals surface area (Å²) in [4.78, 5) is 23.2. The number of pyridine rings is 1. The van der Waals surface area contributed by atoms with Crippen LogP contribution in [-0.2, 0) is 4.79 Å². The molecule has 0 bridgehead atoms. The number of phenolic OH excluding ortho intramolecular Hbond substituents is 1. The maximum atomic E-state index is 13.1. The largest absolute Gasteiger partial charge is 0.508 e. The molecule has 2 aromatic carbocycles. The first-order valence-corrected chi connectivity index (χ1v) is 8.59. The van der Waals surface area contributed by atoms with Gasteiger partial charge in [0.1, 0.15) is 17.3 Å². The first-order chi connectivity index (χ1) is 13.1. The number of hydrogen-bond donors (Lipinski definition) is 1. The van der Waals surface area contributed by atoms with Crippen LogP contribution in [0.1, 0.15) is 11.1 Å². The van der Waals surface area contributed by atoms with Gasteiger partial charge in [0, 0.05) is 23.0 Å². The minimum absolute atomic E-state index is 0.128. The Balaban J connectivity index is 1.82. The van der Waals surface area contributed by atoms with E-state index in [1.165, 1.54) is 17.0 Å². The molecule has 1 amide bonds. The molecule has 1 aromatic heterocycles. The van der Waals surface area contributed by atoms with Gasteiger partial charge in [0.15, 0.2) is 0 Å². The third-order valence-electron chi connectivity index (χ3n) is 4.08. The van der Waals surface area contributed by atoms with Crippen molar-refractivity contribution in [3.8, 4) is 5.75 Å². The summed E-state index contributed by atoms with van der Waals surface area (Å²) in [7, 11) is 0. The quantitative estimate of drug-likeness (QED) is 0.695. The number of amides is 1. The van der Waals surface area contributed by atoms with E-state index in [9.17, 15) is 9.90 Å². The highest BCUT2D eigenvalue weighted by atomic mass is 35.5. The topological polar surface area (TPSA) is 65.8 Å². The van der Waals surface area contributed by atoms with E-state index in [0.29, 0.717) is 22.2 Å². The lowest BCUT2D eigenvalue weighted by atomic mass is 10.1. The van der Waals surface area contributed by atoms with Crippen molar-refractivity contribution in [3.05, 3.63) is 94.9 Å². The molecule has 2 heterocycles. The van der Waals surface area contributed by atoms with Crippen LogP contribution in [0.5, 0.6) is 5.75 Å². The third-order valence-corrected chi connectivity index (χ3v) is 4.33. The molecule has 4 rings (SSSR count). The molecule has 0 fully saturated rings. The van der Waals surface area contributed by atoms with Crippen LogP contribution in [0.4, 0.5) is 5.69 Å². The molecule has 0 spiro atoms. The van der Waals surface area contributed by atoms with Crippen LogP contribution in [0, 0.1) is 0 Å². The molecule has 27 heavy (non-hydrogen) atoms. The SMILES string of the molecule is O=C1/C(=C\c2ccncc2)N=C(c2ccc(Cl)cc2)N1c1ccc(O)cc1. The van der Waals surface area contributed by atoms with Gasteiger partial charge in [0.05, 0.1) is 5.69 Å². The van der Waals surface area contributed by atoms with Gasteiger partial charge in [-0.05, 0) is 72.3 Å². The molecule has 1 aliphatic heterocycles. The van der Waals surface area contributed by atoms with E-state index in [2.05, 4.69) is 9.98 Å². The van der Waals surface area contributed by atoms with Crippen LogP contribution >= 0.6 is 11.6 Å². The predicted octanol–water partition coefficient (Wildman–Crippen LogP) is 4.28. The second-order valence-corrected chi connectivity index (χ2v) is 6.35. The molecular formula is C21H14ClN3O2. The molecule has 0 saturated heterocycles. The van der Waals surface area contributed by atoms with Gasteiger partial charge in [-0.3, -0.25) is 14.7 Å². The monoisotopic (exact) mass is 375 g/mol. The summed E-state index contributed by atoms with van der Waals surface area (Å²) >= 11 is 5.99. The number of carbonyl (C=O) groups is 1. The standard InChI is InChI=1S/C21H14ClN3O2/c22-16-3-1-15(2-4-16)20-24-19(13-14-9-11-23-12-10-14)21(27)25(20)17-5-7-18(26)8-6-17/h1-13,26H/b19-13+. The molecule has 0 radical (unpaired) electrons. The number of anilines is 1. The summed E-state index contributed by atoms with van der Waals surface area (Å²) in [5, 5.41) is 10.2. The highest BCUT2D eigenvalue weighted by molar-refractivity contribution is 6.34. The van der Waals surface area contributed by atoms with Crippen molar-refractivity contribution < 1.29 is 9.90 Å². The second kappa shape index (κ2) is 7.05. The van der Waals surface area contributed by atoms with Crippen molar-refractivity contribution in [1.29, 1.82) is 0 Å². The number of aliphatic imine (C=N–C) groups is 1. The molecule has 132 valence electrons. The molecule has 0 unspecified atom stereocenters. The van der Waals surface area contributed by atoms with Crippen LogP contribution in [0.15, 0.2) is 83.7 Å². The molecule has 0 atom stereocenters. The highest BCUT2D eigenvalue weighted by Gasteiger charge is 2.32. The van der Waals surface area contributed by atoms with Gasteiger partial charge < -0.3 is 5.11 Å². The lowest BCUT2D eigenvalue weighted by molar-refractivity contribution is -0.113. The number of rotatable bonds is 3. The van der Waals surface area contributed by atoms with Crippen molar-refractivity contribution in [3.63, 3.8) is 0 Å². The lowest BCUT2D eigenvalue weighted by Crippen LogP contribution is -2.32. The molecule has 0 saturated carbocycles. The average Bonchev–Trinajstić information content (AvgIpc) is 3.00. The second-order valence-electron chi connectivity index (χ2n) is 5.91. The Labute approximate surface area is 160 Å². The number of phenols is 1. The molecular weight excluding hydrogens is 362 g/mol. The van der Waals surface area contributed by atoms with E-state index in [0.717, 1.165) is 11.1 Å². The van der Waals surface area contributed by atoms with E-state index in [4.69, 9.17) is 11.6 Å². The number of aromatic nitrogens is 1. The summed E-state index contributed by atoms with van der Waals surface area (Å²) in [6.07, 6.45) is 5.04. The zero-order chi connectivity index (χ0) is 18.8. The van der Waals surface area contributed by atoms with Crippen molar-refractivity contribution in [2.24, 2.45) is 4.99 Å². The Bertz CT molecular complexity index is 1040. The maximum absolute atomic E-state index is 13.1. The fourth-order valence-electron chi connectivity index (χ4n) is 2.77. The smallest absolute Gasteiger partial charge is 0.282 e. The molecule has 1 N–H and O–H groups in total. The van der Waals surface area contributed by atoms with Gasteiger partial charge >= 0.3 is 0 Å². The number of halogens is 1. The molecule has 3 aromatic rings. The van der Waals surface area contributed by atoms with Crippen molar-refractivity contribution in [2.45, 2.75) is 0 Å². The maximum Gasteiger partial charge on any atom is 0.282 e. The summed E-state index contributed by atoms with van der Waals surface area (Å²) in [6, 6.07) is 17.2. The van der Waals surface area contributed by atoms with Crippen LogP contribution in [0.2, 0.25) is 5.02 Å². The fourth-order valence-corrected chi connectivity index (χ4v) is 2.89. The summed E-state index contributed by atoms with van der Waals surface area (Å²) in [5.74, 6) is 0.382. The minimum atomic E-state index is -0.248. The molecule has 6 heteroatoms. The van der Waals surface area contributed by atoms with Gasteiger partial charge in [0.25, 0.3) is 5.91 Å². The van der Waals surface area contributed by atoms with Crippen molar-refractivity contribution >= 4 is 35.1 Å². The van der Waals surface area contributed by atoms with Crippen LogP contribution in [0.3, 0.4) is 0 Å². The van der Waals surface area contributed by atoms with Gasteiger partial charge in [0.2, 0.25) is 0 Å². The van der Waals surface area contributed by atoms with Crippen LogP contribution in [0.25, 0.3) is 6.08 Å². The highest BCUT2D eigenvalue weighted by Crippen LogP contribution is 2.29. The average molecular weight is 376 g/mol. The van der Waals surface area contributed by atoms with Crippen molar-refractivity contribution in [1.82, 2.24) is 4.98 Å². The van der Waals surface area contributed by atoms with Gasteiger partial charge in [-0.15, -0.1) is 0 Å². The Morgan fingerprint density at radius 1 is 0.926 bits per heavy atom. The first-order valence-electron chi connectivity index (χ1n) is 8.22. The summed E-state index contributed by atoms with van der Waals surface area (Å²) in [6.45, 7) is 0. The van der Waals surface area contributed by atoms with E-state index >= 15 is 0 Å². The predicted molar refractivity (Wildman–Crippen MR) is 106 cm³/mol. The molecule has 1 aliphatic rings. The number of aromatic hydroxyl groups is 1. The Morgan fingerprint density at radius 2 is 1.59 bits per heavy atom. The Hall–Kier alpha value is -3.44. The Morgan fingerprint density at radius 3 is 2.26 bits per heavy atom. The summed E-state index contributed by atoms with van der Waals surface area (Å²) in [5.41, 5.74) is 2.53. The number of carbonyl (C=O) groups excluding carboxylic acids is 1. The van der Waals surface area contributed by atoms with Gasteiger partial charge in [-0.25, -0.2) is 4.99 Å². The van der Waals surface area contributed by atoms with Crippen LogP contribution in [-0.4, -0.2) is 21.8 Å². The number of hydrogen-bond acceptors (Lipinski definition) is 4. The fraction of sp³-hybridized carbons (Fsp3) is 0. The van der Waals surface area contributed by atoms with E-state index in [1.807, 2.05) is 12.1 Å². The van der Waals surface area contributed by atoms with Gasteiger partial charge in [-0.1, -0.05) is 11.6 Å². The van der Waals surface area contributed by atoms with Crippen LogP contribution < -0.4 is 4.90 Å².